The van der Waals surface area contributed by atoms with Gasteiger partial charge < -0.3 is 0 Å². The van der Waals surface area contributed by atoms with Gasteiger partial charge in [-0.25, -0.2) is 13.1 Å². The fourth-order valence-electron chi connectivity index (χ4n) is 1.67. The van der Waals surface area contributed by atoms with Crippen LogP contribution in [0.1, 0.15) is 54.2 Å². The predicted molar refractivity (Wildman–Crippen MR) is 83.8 cm³/mol. The second kappa shape index (κ2) is 6.26. The van der Waals surface area contributed by atoms with Gasteiger partial charge in [0.05, 0.1) is 10.6 Å². The number of rotatable bonds is 5. The van der Waals surface area contributed by atoms with Gasteiger partial charge in [-0.05, 0) is 36.8 Å². The maximum absolute atomic E-state index is 12.0. The number of nitrogens with one attached hydrogen (secondary N) is 1. The molecule has 1 amide bonds. The van der Waals surface area contributed by atoms with Crippen LogP contribution in [0.15, 0.2) is 6.07 Å². The molecule has 1 aromatic rings. The molecular formula is C14H23NO3S2. The summed E-state index contributed by atoms with van der Waals surface area (Å²) in [7, 11) is -3.57. The molecule has 4 nitrogen and oxygen atoms in total. The lowest BCUT2D eigenvalue weighted by molar-refractivity contribution is 0.0985. The molecule has 0 aromatic carbocycles. The Kier molecular flexibility index (Phi) is 5.38. The first-order chi connectivity index (χ1) is 9.04. The first-order valence-corrected chi connectivity index (χ1v) is 9.15. The van der Waals surface area contributed by atoms with Crippen molar-refractivity contribution in [1.82, 2.24) is 4.72 Å². The van der Waals surface area contributed by atoms with Gasteiger partial charge >= 0.3 is 0 Å². The normalized spacial score (nSPS) is 12.4. The molecule has 0 unspecified atom stereocenters. The quantitative estimate of drug-likeness (QED) is 0.907. The van der Waals surface area contributed by atoms with Crippen LogP contribution in [0.5, 0.6) is 0 Å². The smallest absolute Gasteiger partial charge is 0.267 e. The zero-order valence-electron chi connectivity index (χ0n) is 12.7. The topological polar surface area (TPSA) is 63.2 Å². The van der Waals surface area contributed by atoms with Gasteiger partial charge in [-0.3, -0.25) is 4.79 Å². The molecule has 114 valence electrons. The van der Waals surface area contributed by atoms with Gasteiger partial charge in [-0.1, -0.05) is 27.7 Å². The van der Waals surface area contributed by atoms with E-state index in [9.17, 15) is 13.2 Å². The standard InChI is InChI=1S/C14H23NO3S2/c1-6-11-9-12(19-10(11)2)13(16)15-20(17,18)8-7-14(3,4)5/h9H,6-8H2,1-5H3,(H,15,16). The van der Waals surface area contributed by atoms with E-state index in [0.29, 0.717) is 11.3 Å². The summed E-state index contributed by atoms with van der Waals surface area (Å²) in [6.45, 7) is 9.87. The van der Waals surface area contributed by atoms with Crippen LogP contribution in [0.25, 0.3) is 0 Å². The third kappa shape index (κ3) is 5.25. The van der Waals surface area contributed by atoms with E-state index in [0.717, 1.165) is 16.9 Å². The minimum atomic E-state index is -3.57. The highest BCUT2D eigenvalue weighted by Gasteiger charge is 2.21. The highest BCUT2D eigenvalue weighted by atomic mass is 32.2. The van der Waals surface area contributed by atoms with Crippen molar-refractivity contribution in [3.8, 4) is 0 Å². The highest BCUT2D eigenvalue weighted by Crippen LogP contribution is 2.22. The second-order valence-electron chi connectivity index (χ2n) is 6.11. The molecule has 1 heterocycles. The minimum Gasteiger partial charge on any atom is -0.267 e. The Morgan fingerprint density at radius 2 is 1.95 bits per heavy atom. The zero-order chi connectivity index (χ0) is 15.6. The van der Waals surface area contributed by atoms with Crippen LogP contribution in [-0.4, -0.2) is 20.1 Å². The van der Waals surface area contributed by atoms with Gasteiger partial charge in [-0.2, -0.15) is 0 Å². The molecule has 0 spiro atoms. The average molecular weight is 317 g/mol. The van der Waals surface area contributed by atoms with Gasteiger partial charge in [-0.15, -0.1) is 11.3 Å². The van der Waals surface area contributed by atoms with Gasteiger partial charge in [0, 0.05) is 4.88 Å². The van der Waals surface area contributed by atoms with Crippen LogP contribution in [0, 0.1) is 12.3 Å². The summed E-state index contributed by atoms with van der Waals surface area (Å²) in [5.74, 6) is -0.556. The van der Waals surface area contributed by atoms with Crippen molar-refractivity contribution in [2.75, 3.05) is 5.75 Å². The molecule has 0 saturated heterocycles. The number of hydrogen-bond acceptors (Lipinski definition) is 4. The number of thiophene rings is 1. The van der Waals surface area contributed by atoms with Crippen molar-refractivity contribution < 1.29 is 13.2 Å². The van der Waals surface area contributed by atoms with Crippen LogP contribution < -0.4 is 4.72 Å². The second-order valence-corrected chi connectivity index (χ2v) is 9.20. The lowest BCUT2D eigenvalue weighted by Crippen LogP contribution is -2.33. The van der Waals surface area contributed by atoms with Crippen molar-refractivity contribution in [2.45, 2.75) is 47.5 Å². The third-order valence-corrected chi connectivity index (χ3v) is 5.32. The van der Waals surface area contributed by atoms with E-state index in [1.807, 2.05) is 34.6 Å². The van der Waals surface area contributed by atoms with Crippen LogP contribution in [0.2, 0.25) is 0 Å². The average Bonchev–Trinajstić information content (AvgIpc) is 2.67. The first-order valence-electron chi connectivity index (χ1n) is 6.68. The third-order valence-electron chi connectivity index (χ3n) is 2.99. The molecule has 0 fully saturated rings. The van der Waals surface area contributed by atoms with Gasteiger partial charge in [0.2, 0.25) is 10.0 Å². The Labute approximate surface area is 125 Å². The number of carbonyl (C=O) groups is 1. The summed E-state index contributed by atoms with van der Waals surface area (Å²) in [6, 6.07) is 1.77. The van der Waals surface area contributed by atoms with Crippen LogP contribution in [0.3, 0.4) is 0 Å². The van der Waals surface area contributed by atoms with Gasteiger partial charge in [0.15, 0.2) is 0 Å². The van der Waals surface area contributed by atoms with Crippen LogP contribution >= 0.6 is 11.3 Å². The van der Waals surface area contributed by atoms with Crippen molar-refractivity contribution in [1.29, 1.82) is 0 Å². The molecular weight excluding hydrogens is 294 g/mol. The summed E-state index contributed by atoms with van der Waals surface area (Å²) >= 11 is 1.33. The maximum atomic E-state index is 12.0. The largest absolute Gasteiger partial charge is 0.274 e. The molecule has 0 aliphatic rings. The Balaban J connectivity index is 2.74. The van der Waals surface area contributed by atoms with Crippen molar-refractivity contribution in [2.24, 2.45) is 5.41 Å². The van der Waals surface area contributed by atoms with Crippen LogP contribution in [-0.2, 0) is 16.4 Å². The van der Waals surface area contributed by atoms with Crippen molar-refractivity contribution in [3.63, 3.8) is 0 Å². The number of hydrogen-bond donors (Lipinski definition) is 1. The van der Waals surface area contributed by atoms with Gasteiger partial charge in [0.25, 0.3) is 5.91 Å². The summed E-state index contributed by atoms with van der Waals surface area (Å²) in [6.07, 6.45) is 1.35. The number of carbonyl (C=O) groups excluding carboxylic acids is 1. The first kappa shape index (κ1) is 17.2. The van der Waals surface area contributed by atoms with E-state index in [4.69, 9.17) is 0 Å². The Hall–Kier alpha value is -0.880. The Bertz CT molecular complexity index is 580. The lowest BCUT2D eigenvalue weighted by Gasteiger charge is -2.17. The molecule has 1 aromatic heterocycles. The lowest BCUT2D eigenvalue weighted by atomic mass is 9.94. The molecule has 0 bridgehead atoms. The summed E-state index contributed by atoms with van der Waals surface area (Å²) < 4.78 is 25.9. The molecule has 0 aliphatic carbocycles. The van der Waals surface area contributed by atoms with Crippen molar-refractivity contribution in [3.05, 3.63) is 21.4 Å². The van der Waals surface area contributed by atoms with Crippen molar-refractivity contribution >= 4 is 27.3 Å². The monoisotopic (exact) mass is 317 g/mol. The molecule has 0 atom stereocenters. The predicted octanol–water partition coefficient (Wildman–Crippen LogP) is 3.11. The maximum Gasteiger partial charge on any atom is 0.274 e. The van der Waals surface area contributed by atoms with E-state index in [1.54, 1.807) is 6.07 Å². The van der Waals surface area contributed by atoms with E-state index >= 15 is 0 Å². The fourth-order valence-corrected chi connectivity index (χ4v) is 4.12. The molecule has 0 saturated carbocycles. The van der Waals surface area contributed by atoms with Gasteiger partial charge in [0.1, 0.15) is 0 Å². The zero-order valence-corrected chi connectivity index (χ0v) is 14.4. The number of sulfonamides is 1. The van der Waals surface area contributed by atoms with Crippen LogP contribution in [0.4, 0.5) is 0 Å². The Morgan fingerprint density at radius 1 is 1.35 bits per heavy atom. The summed E-state index contributed by atoms with van der Waals surface area (Å²) in [5, 5.41) is 0. The molecule has 20 heavy (non-hydrogen) atoms. The van der Waals surface area contributed by atoms with E-state index < -0.39 is 15.9 Å². The summed E-state index contributed by atoms with van der Waals surface area (Å²) in [4.78, 5) is 13.5. The molecule has 1 N–H and O–H groups in total. The number of amides is 1. The molecule has 1 rings (SSSR count). The Morgan fingerprint density at radius 3 is 2.40 bits per heavy atom. The molecule has 6 heteroatoms. The van der Waals surface area contributed by atoms with E-state index in [1.165, 1.54) is 11.3 Å². The molecule has 0 radical (unpaired) electrons. The summed E-state index contributed by atoms with van der Waals surface area (Å²) in [5.41, 5.74) is 1.01. The van der Waals surface area contributed by atoms with E-state index in [-0.39, 0.29) is 11.2 Å². The minimum absolute atomic E-state index is 0.0345. The fraction of sp³-hybridized carbons (Fsp3) is 0.643. The molecule has 0 aliphatic heterocycles. The highest BCUT2D eigenvalue weighted by molar-refractivity contribution is 7.90. The van der Waals surface area contributed by atoms with E-state index in [2.05, 4.69) is 4.72 Å². The SMILES string of the molecule is CCc1cc(C(=O)NS(=O)(=O)CCC(C)(C)C)sc1C. The number of aryl methyl sites for hydroxylation is 2.